The van der Waals surface area contributed by atoms with Crippen molar-refractivity contribution >= 4 is 35.0 Å². The van der Waals surface area contributed by atoms with Gasteiger partial charge < -0.3 is 15.2 Å². The molecule has 0 saturated heterocycles. The van der Waals surface area contributed by atoms with Gasteiger partial charge in [0.05, 0.1) is 60.2 Å². The SMILES string of the molecule is COc1ccc(N)cn1.COc1ccc(N2C(=O)c3ccc(F)cc3C2=O)cn1.O=C1NC(=O)c2cc(F)ccc21. The number of methoxy groups -OCH3 is 2. The number of fused-ring (bicyclic) bond motifs is 2. The summed E-state index contributed by atoms with van der Waals surface area (Å²) in [5.41, 5.74) is 6.93. The highest BCUT2D eigenvalue weighted by Crippen LogP contribution is 2.29. The van der Waals surface area contributed by atoms with Gasteiger partial charge in [0.25, 0.3) is 23.6 Å². The molecule has 0 aliphatic carbocycles. The highest BCUT2D eigenvalue weighted by Gasteiger charge is 2.37. The van der Waals surface area contributed by atoms with Crippen molar-refractivity contribution in [1.82, 2.24) is 15.3 Å². The first-order chi connectivity index (χ1) is 19.6. The van der Waals surface area contributed by atoms with Crippen molar-refractivity contribution in [3.63, 3.8) is 0 Å². The second kappa shape index (κ2) is 12.0. The number of amides is 4. The van der Waals surface area contributed by atoms with Crippen molar-refractivity contribution in [2.75, 3.05) is 24.9 Å². The molecule has 2 aliphatic heterocycles. The van der Waals surface area contributed by atoms with Gasteiger partial charge in [-0.05, 0) is 48.5 Å². The number of ether oxygens (including phenoxy) is 2. The Morgan fingerprint density at radius 2 is 1.22 bits per heavy atom. The first-order valence-corrected chi connectivity index (χ1v) is 11.7. The van der Waals surface area contributed by atoms with Crippen molar-refractivity contribution < 1.29 is 37.4 Å². The highest BCUT2D eigenvalue weighted by atomic mass is 19.1. The molecule has 2 aliphatic rings. The number of hydrogen-bond acceptors (Lipinski definition) is 9. The fourth-order valence-electron chi connectivity index (χ4n) is 3.73. The zero-order valence-corrected chi connectivity index (χ0v) is 21.6. The van der Waals surface area contributed by atoms with Crippen LogP contribution in [-0.4, -0.2) is 47.8 Å². The van der Waals surface area contributed by atoms with Crippen LogP contribution in [0.1, 0.15) is 41.4 Å². The van der Waals surface area contributed by atoms with E-state index in [0.29, 0.717) is 23.1 Å². The molecule has 0 spiro atoms. The summed E-state index contributed by atoms with van der Waals surface area (Å²) in [6.45, 7) is 0. The monoisotopic (exact) mass is 561 g/mol. The maximum absolute atomic E-state index is 13.2. The third-order valence-electron chi connectivity index (χ3n) is 5.70. The standard InChI is InChI=1S/C14H9FN2O3.C8H4FNO2.C6H8N2O/c1-20-12-5-3-9(7-16-12)17-13(18)10-4-2-8(15)6-11(10)14(17)19;9-4-1-2-5-6(3-4)8(12)10-7(5)11;1-9-6-3-2-5(7)4-8-6/h2-7H,1H3;1-3H,(H,10,11,12);2-4H,7H2,1H3. The fourth-order valence-corrected chi connectivity index (χ4v) is 3.73. The van der Waals surface area contributed by atoms with E-state index in [-0.39, 0.29) is 22.3 Å². The summed E-state index contributed by atoms with van der Waals surface area (Å²) in [4.78, 5) is 55.0. The molecular weight excluding hydrogens is 540 g/mol. The van der Waals surface area contributed by atoms with Crippen LogP contribution < -0.4 is 25.4 Å². The fraction of sp³-hybridized carbons (Fsp3) is 0.0714. The summed E-state index contributed by atoms with van der Waals surface area (Å²) in [6, 6.07) is 13.6. The molecule has 13 heteroatoms. The molecule has 2 aromatic carbocycles. The van der Waals surface area contributed by atoms with Crippen LogP contribution in [0.2, 0.25) is 0 Å². The van der Waals surface area contributed by atoms with Crippen LogP contribution in [-0.2, 0) is 0 Å². The number of benzene rings is 2. The first kappa shape index (κ1) is 28.3. The molecule has 0 unspecified atom stereocenters. The lowest BCUT2D eigenvalue weighted by Gasteiger charge is -2.13. The van der Waals surface area contributed by atoms with Gasteiger partial charge in [0.15, 0.2) is 0 Å². The molecule has 11 nitrogen and oxygen atoms in total. The lowest BCUT2D eigenvalue weighted by molar-refractivity contribution is 0.0874. The normalized spacial score (nSPS) is 12.8. The Hall–Kier alpha value is -5.72. The molecule has 0 bridgehead atoms. The van der Waals surface area contributed by atoms with Crippen LogP contribution in [0, 0.1) is 11.6 Å². The van der Waals surface area contributed by atoms with E-state index < -0.39 is 35.3 Å². The number of nitrogens with one attached hydrogen (secondary N) is 1. The summed E-state index contributed by atoms with van der Waals surface area (Å²) in [5.74, 6) is -2.16. The second-order valence-electron chi connectivity index (χ2n) is 8.30. The summed E-state index contributed by atoms with van der Waals surface area (Å²) in [6.07, 6.45) is 2.91. The molecule has 4 amide bonds. The molecule has 0 fully saturated rings. The van der Waals surface area contributed by atoms with Crippen molar-refractivity contribution in [1.29, 1.82) is 0 Å². The number of imide groups is 2. The molecule has 3 N–H and O–H groups in total. The zero-order valence-electron chi connectivity index (χ0n) is 21.6. The smallest absolute Gasteiger partial charge is 0.266 e. The zero-order chi connectivity index (χ0) is 29.7. The third-order valence-corrected chi connectivity index (χ3v) is 5.70. The number of aromatic nitrogens is 2. The lowest BCUT2D eigenvalue weighted by Crippen LogP contribution is -2.29. The van der Waals surface area contributed by atoms with Crippen molar-refractivity contribution in [2.45, 2.75) is 0 Å². The minimum Gasteiger partial charge on any atom is -0.481 e. The number of pyridine rings is 2. The molecule has 0 atom stereocenters. The number of halogens is 2. The molecule has 6 rings (SSSR count). The molecule has 208 valence electrons. The number of hydrogen-bond donors (Lipinski definition) is 2. The van der Waals surface area contributed by atoms with Crippen molar-refractivity contribution in [3.05, 3.63) is 107 Å². The van der Waals surface area contributed by atoms with Gasteiger partial charge in [-0.25, -0.2) is 23.6 Å². The van der Waals surface area contributed by atoms with Crippen LogP contribution in [0.3, 0.4) is 0 Å². The van der Waals surface area contributed by atoms with E-state index in [1.54, 1.807) is 37.6 Å². The quantitative estimate of drug-likeness (QED) is 0.358. The topological polar surface area (TPSA) is 154 Å². The van der Waals surface area contributed by atoms with E-state index in [9.17, 15) is 28.0 Å². The van der Waals surface area contributed by atoms with Crippen LogP contribution in [0.4, 0.5) is 20.2 Å². The van der Waals surface area contributed by atoms with Crippen LogP contribution >= 0.6 is 0 Å². The molecule has 41 heavy (non-hydrogen) atoms. The van der Waals surface area contributed by atoms with E-state index in [2.05, 4.69) is 15.3 Å². The molecule has 4 heterocycles. The minimum absolute atomic E-state index is 0.0609. The van der Waals surface area contributed by atoms with Crippen LogP contribution in [0.25, 0.3) is 0 Å². The number of carbonyl (C=O) groups excluding carboxylic acids is 4. The highest BCUT2D eigenvalue weighted by molar-refractivity contribution is 6.34. The van der Waals surface area contributed by atoms with E-state index in [0.717, 1.165) is 29.2 Å². The molecule has 0 saturated carbocycles. The van der Waals surface area contributed by atoms with E-state index >= 15 is 0 Å². The number of rotatable bonds is 3. The van der Waals surface area contributed by atoms with Gasteiger partial charge in [-0.2, -0.15) is 0 Å². The number of anilines is 2. The average Bonchev–Trinajstić information content (AvgIpc) is 3.39. The molecule has 0 radical (unpaired) electrons. The summed E-state index contributed by atoms with van der Waals surface area (Å²) >= 11 is 0. The van der Waals surface area contributed by atoms with Crippen molar-refractivity contribution in [2.24, 2.45) is 0 Å². The molecule has 4 aromatic rings. The van der Waals surface area contributed by atoms with Gasteiger partial charge in [0.2, 0.25) is 11.8 Å². The summed E-state index contributed by atoms with van der Waals surface area (Å²) in [7, 11) is 3.03. The summed E-state index contributed by atoms with van der Waals surface area (Å²) < 4.78 is 35.5. The Balaban J connectivity index is 0.000000156. The van der Waals surface area contributed by atoms with E-state index in [1.807, 2.05) is 0 Å². The second-order valence-corrected chi connectivity index (χ2v) is 8.30. The number of nitrogen functional groups attached to an aromatic ring is 1. The average molecular weight is 562 g/mol. The largest absolute Gasteiger partial charge is 0.481 e. The molecule has 2 aromatic heterocycles. The van der Waals surface area contributed by atoms with Gasteiger partial charge in [0, 0.05) is 12.1 Å². The minimum atomic E-state index is -0.559. The molecular formula is C28H21F2N5O6. The Bertz CT molecular complexity index is 1650. The maximum atomic E-state index is 13.2. The summed E-state index contributed by atoms with van der Waals surface area (Å²) in [5, 5.41) is 2.06. The Kier molecular flexibility index (Phi) is 8.27. The number of nitrogens with zero attached hydrogens (tertiary/aromatic N) is 3. The van der Waals surface area contributed by atoms with Crippen LogP contribution in [0.5, 0.6) is 11.8 Å². The van der Waals surface area contributed by atoms with Gasteiger partial charge in [-0.1, -0.05) is 0 Å². The maximum Gasteiger partial charge on any atom is 0.266 e. The van der Waals surface area contributed by atoms with E-state index in [4.69, 9.17) is 15.2 Å². The lowest BCUT2D eigenvalue weighted by atomic mass is 10.1. The predicted molar refractivity (Wildman–Crippen MR) is 142 cm³/mol. The Morgan fingerprint density at radius 3 is 1.78 bits per heavy atom. The first-order valence-electron chi connectivity index (χ1n) is 11.7. The van der Waals surface area contributed by atoms with Crippen molar-refractivity contribution in [3.8, 4) is 11.8 Å². The number of carbonyl (C=O) groups is 4. The van der Waals surface area contributed by atoms with Gasteiger partial charge in [-0.15, -0.1) is 0 Å². The van der Waals surface area contributed by atoms with Gasteiger partial charge >= 0.3 is 0 Å². The number of nitrogens with two attached hydrogens (primary N) is 1. The predicted octanol–water partition coefficient (Wildman–Crippen LogP) is 3.41. The van der Waals surface area contributed by atoms with Crippen LogP contribution in [0.15, 0.2) is 73.1 Å². The third kappa shape index (κ3) is 6.14. The van der Waals surface area contributed by atoms with E-state index in [1.165, 1.54) is 25.4 Å². The Morgan fingerprint density at radius 1 is 0.683 bits per heavy atom. The van der Waals surface area contributed by atoms with Gasteiger partial charge in [0.1, 0.15) is 11.6 Å². The van der Waals surface area contributed by atoms with Gasteiger partial charge in [-0.3, -0.25) is 24.5 Å². The Labute approximate surface area is 231 Å².